The number of aromatic carboxylic acids is 1. The first kappa shape index (κ1) is 16.7. The molecule has 0 aliphatic carbocycles. The van der Waals surface area contributed by atoms with Crippen LogP contribution in [0.2, 0.25) is 0 Å². The van der Waals surface area contributed by atoms with Crippen LogP contribution in [0.1, 0.15) is 25.6 Å². The monoisotopic (exact) mass is 354 g/mol. The van der Waals surface area contributed by atoms with E-state index >= 15 is 0 Å². The third-order valence-electron chi connectivity index (χ3n) is 3.32. The number of hydrogen-bond donors (Lipinski definition) is 2. The highest BCUT2D eigenvalue weighted by Gasteiger charge is 2.18. The molecular weight excluding hydrogens is 340 g/mol. The predicted molar refractivity (Wildman–Crippen MR) is 94.7 cm³/mol. The summed E-state index contributed by atoms with van der Waals surface area (Å²) < 4.78 is 5.67. The van der Waals surface area contributed by atoms with Crippen molar-refractivity contribution in [3.05, 3.63) is 70.9 Å². The van der Waals surface area contributed by atoms with E-state index in [1.54, 1.807) is 30.5 Å². The first-order valence-electron chi connectivity index (χ1n) is 7.36. The van der Waals surface area contributed by atoms with E-state index in [1.165, 1.54) is 12.3 Å². The summed E-state index contributed by atoms with van der Waals surface area (Å²) in [4.78, 5) is 27.6. The maximum atomic E-state index is 12.4. The molecule has 0 spiro atoms. The van der Waals surface area contributed by atoms with Crippen LogP contribution in [0.25, 0.3) is 0 Å². The first-order chi connectivity index (χ1) is 12.0. The van der Waals surface area contributed by atoms with Gasteiger partial charge in [0.05, 0.1) is 11.9 Å². The van der Waals surface area contributed by atoms with Crippen LogP contribution in [-0.2, 0) is 0 Å². The maximum Gasteiger partial charge on any atom is 0.346 e. The summed E-state index contributed by atoms with van der Waals surface area (Å²) >= 11 is 0.938. The van der Waals surface area contributed by atoms with E-state index in [-0.39, 0.29) is 15.8 Å². The van der Waals surface area contributed by atoms with Crippen molar-refractivity contribution < 1.29 is 19.4 Å². The number of carbonyl (C=O) groups is 2. The van der Waals surface area contributed by atoms with Gasteiger partial charge >= 0.3 is 5.97 Å². The zero-order chi connectivity index (χ0) is 17.8. The SMILES string of the molecule is Cc1ccc(C(=O)Nc2cc(C(=O)O)sc2Oc2cccnc2)cc1. The molecule has 2 N–H and O–H groups in total. The van der Waals surface area contributed by atoms with E-state index in [0.29, 0.717) is 17.0 Å². The molecule has 0 aliphatic heterocycles. The molecule has 0 fully saturated rings. The fraction of sp³-hybridized carbons (Fsp3) is 0.0556. The highest BCUT2D eigenvalue weighted by atomic mass is 32.1. The number of pyridine rings is 1. The molecule has 0 atom stereocenters. The van der Waals surface area contributed by atoms with Crippen molar-refractivity contribution in [2.45, 2.75) is 6.92 Å². The minimum absolute atomic E-state index is 0.0677. The quantitative estimate of drug-likeness (QED) is 0.717. The lowest BCUT2D eigenvalue weighted by atomic mass is 10.1. The average Bonchev–Trinajstić information content (AvgIpc) is 2.99. The topological polar surface area (TPSA) is 88.5 Å². The first-order valence-corrected chi connectivity index (χ1v) is 8.17. The van der Waals surface area contributed by atoms with Crippen LogP contribution in [0.3, 0.4) is 0 Å². The van der Waals surface area contributed by atoms with Crippen LogP contribution >= 0.6 is 11.3 Å². The minimum Gasteiger partial charge on any atom is -0.477 e. The van der Waals surface area contributed by atoms with Gasteiger partial charge in [0.15, 0.2) is 0 Å². The number of aromatic nitrogens is 1. The van der Waals surface area contributed by atoms with E-state index in [0.717, 1.165) is 16.9 Å². The number of amides is 1. The second-order valence-corrected chi connectivity index (χ2v) is 6.24. The fourth-order valence-electron chi connectivity index (χ4n) is 2.06. The largest absolute Gasteiger partial charge is 0.477 e. The second kappa shape index (κ2) is 7.14. The molecule has 126 valence electrons. The Morgan fingerprint density at radius 3 is 2.60 bits per heavy atom. The number of anilines is 1. The van der Waals surface area contributed by atoms with Crippen molar-refractivity contribution >= 4 is 28.9 Å². The summed E-state index contributed by atoms with van der Waals surface area (Å²) in [7, 11) is 0. The van der Waals surface area contributed by atoms with Gasteiger partial charge in [0.1, 0.15) is 10.6 Å². The molecule has 25 heavy (non-hydrogen) atoms. The smallest absolute Gasteiger partial charge is 0.346 e. The number of hydrogen-bond acceptors (Lipinski definition) is 5. The van der Waals surface area contributed by atoms with E-state index in [1.807, 2.05) is 19.1 Å². The lowest BCUT2D eigenvalue weighted by molar-refractivity contribution is 0.0702. The number of thiophene rings is 1. The zero-order valence-corrected chi connectivity index (χ0v) is 14.0. The highest BCUT2D eigenvalue weighted by molar-refractivity contribution is 7.16. The van der Waals surface area contributed by atoms with Crippen LogP contribution in [0, 0.1) is 6.92 Å². The molecule has 0 saturated heterocycles. The van der Waals surface area contributed by atoms with Crippen molar-refractivity contribution in [1.82, 2.24) is 4.98 Å². The van der Waals surface area contributed by atoms with E-state index in [4.69, 9.17) is 4.74 Å². The Bertz CT molecular complexity index is 905. The Morgan fingerprint density at radius 2 is 1.96 bits per heavy atom. The molecule has 0 bridgehead atoms. The van der Waals surface area contributed by atoms with Gasteiger partial charge in [0.25, 0.3) is 5.91 Å². The number of carbonyl (C=O) groups excluding carboxylic acids is 1. The van der Waals surface area contributed by atoms with Gasteiger partial charge in [0, 0.05) is 11.8 Å². The molecule has 3 rings (SSSR count). The van der Waals surface area contributed by atoms with Gasteiger partial charge in [-0.05, 0) is 37.3 Å². The third kappa shape index (κ3) is 4.02. The third-order valence-corrected chi connectivity index (χ3v) is 4.32. The van der Waals surface area contributed by atoms with Gasteiger partial charge in [-0.25, -0.2) is 4.79 Å². The Labute approximate surface area is 147 Å². The number of nitrogens with one attached hydrogen (secondary N) is 1. The lowest BCUT2D eigenvalue weighted by Gasteiger charge is -2.08. The van der Waals surface area contributed by atoms with E-state index < -0.39 is 5.97 Å². The average molecular weight is 354 g/mol. The van der Waals surface area contributed by atoms with Gasteiger partial charge < -0.3 is 15.2 Å². The van der Waals surface area contributed by atoms with Gasteiger partial charge in [-0.3, -0.25) is 9.78 Å². The summed E-state index contributed by atoms with van der Waals surface area (Å²) in [5.41, 5.74) is 1.82. The normalized spacial score (nSPS) is 10.3. The number of nitrogens with zero attached hydrogens (tertiary/aromatic N) is 1. The van der Waals surface area contributed by atoms with Crippen LogP contribution in [0.15, 0.2) is 54.9 Å². The van der Waals surface area contributed by atoms with Gasteiger partial charge in [-0.2, -0.15) is 0 Å². The van der Waals surface area contributed by atoms with Crippen molar-refractivity contribution in [1.29, 1.82) is 0 Å². The van der Waals surface area contributed by atoms with Crippen LogP contribution in [-0.4, -0.2) is 22.0 Å². The maximum absolute atomic E-state index is 12.4. The van der Waals surface area contributed by atoms with Gasteiger partial charge in [-0.15, -0.1) is 0 Å². The molecular formula is C18H14N2O4S. The molecule has 3 aromatic rings. The number of carboxylic acids is 1. The minimum atomic E-state index is -1.09. The summed E-state index contributed by atoms with van der Waals surface area (Å²) in [5.74, 6) is -0.977. The number of benzene rings is 1. The summed E-state index contributed by atoms with van der Waals surface area (Å²) in [6.07, 6.45) is 3.11. The molecule has 6 nitrogen and oxygen atoms in total. The van der Waals surface area contributed by atoms with Crippen molar-refractivity contribution in [2.24, 2.45) is 0 Å². The number of ether oxygens (including phenoxy) is 1. The molecule has 1 aromatic carbocycles. The fourth-order valence-corrected chi connectivity index (χ4v) is 2.88. The molecule has 2 heterocycles. The number of carboxylic acid groups (broad SMARTS) is 1. The van der Waals surface area contributed by atoms with Crippen molar-refractivity contribution in [2.75, 3.05) is 5.32 Å². The van der Waals surface area contributed by atoms with Crippen LogP contribution in [0.5, 0.6) is 10.8 Å². The number of aryl methyl sites for hydroxylation is 1. The summed E-state index contributed by atoms with van der Waals surface area (Å²) in [5, 5.41) is 12.2. The Morgan fingerprint density at radius 1 is 1.20 bits per heavy atom. The van der Waals surface area contributed by atoms with E-state index in [9.17, 15) is 14.7 Å². The standard InChI is InChI=1S/C18H14N2O4S/c1-11-4-6-12(7-5-11)16(21)20-14-9-15(17(22)23)25-18(14)24-13-3-2-8-19-10-13/h2-10H,1H3,(H,20,21)(H,22,23). The molecule has 0 unspecified atom stereocenters. The lowest BCUT2D eigenvalue weighted by Crippen LogP contribution is -2.11. The number of rotatable bonds is 5. The molecule has 0 radical (unpaired) electrons. The molecule has 0 aliphatic rings. The second-order valence-electron chi connectivity index (χ2n) is 5.23. The van der Waals surface area contributed by atoms with Gasteiger partial charge in [0.2, 0.25) is 5.06 Å². The summed E-state index contributed by atoms with van der Waals surface area (Å²) in [6.45, 7) is 1.93. The van der Waals surface area contributed by atoms with Crippen LogP contribution < -0.4 is 10.1 Å². The Hall–Kier alpha value is -3.19. The highest BCUT2D eigenvalue weighted by Crippen LogP contribution is 2.38. The molecule has 2 aromatic heterocycles. The molecule has 0 saturated carbocycles. The van der Waals surface area contributed by atoms with Crippen molar-refractivity contribution in [3.8, 4) is 10.8 Å². The van der Waals surface area contributed by atoms with Crippen LogP contribution in [0.4, 0.5) is 5.69 Å². The Balaban J connectivity index is 1.87. The predicted octanol–water partition coefficient (Wildman–Crippen LogP) is 4.19. The molecule has 1 amide bonds. The zero-order valence-electron chi connectivity index (χ0n) is 13.2. The Kier molecular flexibility index (Phi) is 4.76. The summed E-state index contributed by atoms with van der Waals surface area (Å²) in [6, 6.07) is 11.8. The van der Waals surface area contributed by atoms with E-state index in [2.05, 4.69) is 10.3 Å². The van der Waals surface area contributed by atoms with Gasteiger partial charge in [-0.1, -0.05) is 29.0 Å². The molecule has 7 heteroatoms. The van der Waals surface area contributed by atoms with Crippen molar-refractivity contribution in [3.63, 3.8) is 0 Å².